The third-order valence-electron chi connectivity index (χ3n) is 8.00. The van der Waals surface area contributed by atoms with E-state index in [1.165, 1.54) is 40.7 Å². The van der Waals surface area contributed by atoms with Crippen molar-refractivity contribution in [3.63, 3.8) is 0 Å². The van der Waals surface area contributed by atoms with Gasteiger partial charge in [-0.3, -0.25) is 4.39 Å². The van der Waals surface area contributed by atoms with Crippen molar-refractivity contribution in [2.45, 2.75) is 65.2 Å². The fraction of sp³-hybridized carbons (Fsp3) is 0.516. The van der Waals surface area contributed by atoms with Crippen molar-refractivity contribution in [3.8, 4) is 0 Å². The van der Waals surface area contributed by atoms with Crippen LogP contribution in [0.2, 0.25) is 0 Å². The maximum absolute atomic E-state index is 12.4. The molecule has 0 bridgehead atoms. The van der Waals surface area contributed by atoms with Crippen LogP contribution in [0.15, 0.2) is 48.0 Å². The fourth-order valence-corrected chi connectivity index (χ4v) is 5.89. The van der Waals surface area contributed by atoms with Crippen LogP contribution in [0.3, 0.4) is 0 Å². The Balaban J connectivity index is 1.61. The van der Waals surface area contributed by atoms with Crippen LogP contribution >= 0.6 is 0 Å². The highest BCUT2D eigenvalue weighted by Crippen LogP contribution is 2.39. The Bertz CT molecular complexity index is 1030. The number of halogens is 1. The smallest absolute Gasteiger partial charge is 0.335 e. The molecule has 0 saturated carbocycles. The van der Waals surface area contributed by atoms with Crippen LogP contribution < -0.4 is 0 Å². The molecule has 1 saturated heterocycles. The lowest BCUT2D eigenvalue weighted by atomic mass is 9.84. The van der Waals surface area contributed by atoms with Crippen LogP contribution in [-0.2, 0) is 12.8 Å². The predicted octanol–water partition coefficient (Wildman–Crippen LogP) is 7.18. The molecule has 0 unspecified atom stereocenters. The number of fused-ring (bicyclic) bond motifs is 1. The summed E-state index contributed by atoms with van der Waals surface area (Å²) in [5, 5.41) is 9.53. The molecule has 35 heavy (non-hydrogen) atoms. The number of hydrogen-bond acceptors (Lipinski definition) is 2. The molecule has 3 nitrogen and oxygen atoms in total. The molecule has 0 radical (unpaired) electrons. The van der Waals surface area contributed by atoms with Crippen LogP contribution in [0.4, 0.5) is 4.39 Å². The summed E-state index contributed by atoms with van der Waals surface area (Å²) in [6, 6.07) is 14.8. The molecular weight excluding hydrogens is 437 g/mol. The molecule has 2 aromatic carbocycles. The number of benzene rings is 2. The number of alkyl halides is 1. The van der Waals surface area contributed by atoms with E-state index in [2.05, 4.69) is 43.0 Å². The van der Waals surface area contributed by atoms with Crippen LogP contribution in [0.5, 0.6) is 0 Å². The Morgan fingerprint density at radius 1 is 1.09 bits per heavy atom. The number of hydrogen-bond donors (Lipinski definition) is 1. The van der Waals surface area contributed by atoms with Gasteiger partial charge in [0.15, 0.2) is 0 Å². The van der Waals surface area contributed by atoms with E-state index in [0.717, 1.165) is 57.3 Å². The van der Waals surface area contributed by atoms with Crippen molar-refractivity contribution in [2.24, 2.45) is 11.8 Å². The monoisotopic (exact) mass is 477 g/mol. The zero-order valence-electron chi connectivity index (χ0n) is 21.4. The fourth-order valence-electron chi connectivity index (χ4n) is 5.89. The second-order valence-corrected chi connectivity index (χ2v) is 10.5. The van der Waals surface area contributed by atoms with Gasteiger partial charge in [0.25, 0.3) is 0 Å². The average Bonchev–Trinajstić information content (AvgIpc) is 3.02. The van der Waals surface area contributed by atoms with Crippen molar-refractivity contribution in [2.75, 3.05) is 26.3 Å². The van der Waals surface area contributed by atoms with Crippen molar-refractivity contribution < 1.29 is 14.3 Å². The minimum Gasteiger partial charge on any atom is -0.478 e. The summed E-state index contributed by atoms with van der Waals surface area (Å²) < 4.78 is 12.4. The Kier molecular flexibility index (Phi) is 8.78. The Morgan fingerprint density at radius 3 is 2.49 bits per heavy atom. The number of aryl methyl sites for hydroxylation is 1. The lowest BCUT2D eigenvalue weighted by Crippen LogP contribution is -2.47. The molecule has 1 N–H and O–H groups in total. The van der Waals surface area contributed by atoms with Gasteiger partial charge in [0.05, 0.1) is 12.2 Å². The number of allylic oxidation sites excluding steroid dienone is 1. The van der Waals surface area contributed by atoms with Crippen LogP contribution in [0, 0.1) is 11.8 Å². The quantitative estimate of drug-likeness (QED) is 0.372. The first kappa shape index (κ1) is 25.6. The lowest BCUT2D eigenvalue weighted by Gasteiger charge is -2.39. The minimum atomic E-state index is -0.858. The van der Waals surface area contributed by atoms with Crippen molar-refractivity contribution in [1.29, 1.82) is 0 Å². The second kappa shape index (κ2) is 12.0. The van der Waals surface area contributed by atoms with Gasteiger partial charge in [0, 0.05) is 19.6 Å². The molecule has 1 aliphatic heterocycles. The standard InChI is InChI=1S/C31H40FNO2/c1-3-22(4-2)18-27-8-5-7-26-19-28(31(34)35)13-14-29(26)30(27)25-11-9-23(10-12-25)17-24-20-33(21-24)16-6-15-32/h9-14,19,22,24H,3-8,15-18,20-21H2,1-2H3,(H,34,35). The first-order valence-electron chi connectivity index (χ1n) is 13.5. The van der Waals surface area contributed by atoms with Crippen molar-refractivity contribution >= 4 is 11.5 Å². The van der Waals surface area contributed by atoms with Crippen LogP contribution in [0.25, 0.3) is 5.57 Å². The van der Waals surface area contributed by atoms with Gasteiger partial charge in [-0.2, -0.15) is 0 Å². The Labute approximate surface area is 210 Å². The molecule has 4 heteroatoms. The van der Waals surface area contributed by atoms with E-state index >= 15 is 0 Å². The van der Waals surface area contributed by atoms with Gasteiger partial charge in [-0.15, -0.1) is 0 Å². The zero-order chi connectivity index (χ0) is 24.8. The van der Waals surface area contributed by atoms with Gasteiger partial charge in [0.2, 0.25) is 0 Å². The Hall–Kier alpha value is -2.46. The zero-order valence-corrected chi connectivity index (χ0v) is 21.4. The molecule has 0 amide bonds. The van der Waals surface area contributed by atoms with Gasteiger partial charge < -0.3 is 10.0 Å². The van der Waals surface area contributed by atoms with Gasteiger partial charge in [-0.1, -0.05) is 62.6 Å². The van der Waals surface area contributed by atoms with Gasteiger partial charge in [0.1, 0.15) is 0 Å². The van der Waals surface area contributed by atoms with Crippen molar-refractivity contribution in [1.82, 2.24) is 4.90 Å². The van der Waals surface area contributed by atoms with Gasteiger partial charge in [-0.05, 0) is 90.3 Å². The largest absolute Gasteiger partial charge is 0.478 e. The Morgan fingerprint density at radius 2 is 1.83 bits per heavy atom. The van der Waals surface area contributed by atoms with E-state index in [1.807, 2.05) is 12.1 Å². The summed E-state index contributed by atoms with van der Waals surface area (Å²) in [4.78, 5) is 14.0. The summed E-state index contributed by atoms with van der Waals surface area (Å²) in [5.74, 6) is 0.486. The molecule has 1 fully saturated rings. The highest BCUT2D eigenvalue weighted by Gasteiger charge is 2.26. The number of rotatable bonds is 11. The lowest BCUT2D eigenvalue weighted by molar-refractivity contribution is 0.0696. The third kappa shape index (κ3) is 6.22. The predicted molar refractivity (Wildman–Crippen MR) is 142 cm³/mol. The molecule has 2 aromatic rings. The van der Waals surface area contributed by atoms with E-state index in [9.17, 15) is 14.3 Å². The van der Waals surface area contributed by atoms with E-state index in [0.29, 0.717) is 23.8 Å². The van der Waals surface area contributed by atoms with E-state index in [1.54, 1.807) is 6.07 Å². The molecule has 0 aromatic heterocycles. The third-order valence-corrected chi connectivity index (χ3v) is 8.00. The van der Waals surface area contributed by atoms with E-state index in [-0.39, 0.29) is 6.67 Å². The van der Waals surface area contributed by atoms with Crippen molar-refractivity contribution in [3.05, 3.63) is 75.9 Å². The van der Waals surface area contributed by atoms with E-state index < -0.39 is 5.97 Å². The molecule has 1 heterocycles. The van der Waals surface area contributed by atoms with Crippen LogP contribution in [-0.4, -0.2) is 42.3 Å². The summed E-state index contributed by atoms with van der Waals surface area (Å²) in [5.41, 5.74) is 8.21. The average molecular weight is 478 g/mol. The molecule has 1 aliphatic carbocycles. The van der Waals surface area contributed by atoms with Crippen LogP contribution in [0.1, 0.15) is 85.0 Å². The van der Waals surface area contributed by atoms with Gasteiger partial charge >= 0.3 is 5.97 Å². The first-order chi connectivity index (χ1) is 17.0. The number of nitrogens with zero attached hydrogens (tertiary/aromatic N) is 1. The molecule has 2 aliphatic rings. The number of likely N-dealkylation sites (tertiary alicyclic amines) is 1. The number of aromatic carboxylic acids is 1. The summed E-state index contributed by atoms with van der Waals surface area (Å²) in [7, 11) is 0. The highest BCUT2D eigenvalue weighted by atomic mass is 19.1. The minimum absolute atomic E-state index is 0.224. The highest BCUT2D eigenvalue weighted by molar-refractivity contribution is 5.90. The maximum Gasteiger partial charge on any atom is 0.335 e. The molecule has 0 atom stereocenters. The summed E-state index contributed by atoms with van der Waals surface area (Å²) in [6.07, 6.45) is 8.25. The summed E-state index contributed by atoms with van der Waals surface area (Å²) in [6.45, 7) is 7.37. The summed E-state index contributed by atoms with van der Waals surface area (Å²) >= 11 is 0. The number of carboxylic acid groups (broad SMARTS) is 1. The SMILES string of the molecule is CCC(CC)CC1=C(c2ccc(CC3CN(CCCF)C3)cc2)c2ccc(C(=O)O)cc2CCC1. The number of carbonyl (C=O) groups is 1. The van der Waals surface area contributed by atoms with E-state index in [4.69, 9.17) is 0 Å². The molecule has 188 valence electrons. The number of carboxylic acids is 1. The second-order valence-electron chi connectivity index (χ2n) is 10.5. The topological polar surface area (TPSA) is 40.5 Å². The molecule has 4 rings (SSSR count). The van der Waals surface area contributed by atoms with Gasteiger partial charge in [-0.25, -0.2) is 4.79 Å². The maximum atomic E-state index is 12.4. The molecular formula is C31H40FNO2. The molecule has 0 spiro atoms. The normalized spacial score (nSPS) is 16.8. The first-order valence-corrected chi connectivity index (χ1v) is 13.5.